The lowest BCUT2D eigenvalue weighted by Gasteiger charge is -2.39. The fourth-order valence-electron chi connectivity index (χ4n) is 2.81. The van der Waals surface area contributed by atoms with E-state index in [4.69, 9.17) is 0 Å². The minimum Gasteiger partial charge on any atom is -0.368 e. The number of aryl methyl sites for hydroxylation is 1. The molecule has 1 amide bonds. The number of carbonyl (C=O) groups is 1. The van der Waals surface area contributed by atoms with Gasteiger partial charge in [0.2, 0.25) is 5.91 Å². The molecule has 2 heterocycles. The molecule has 1 aromatic rings. The lowest BCUT2D eigenvalue weighted by molar-refractivity contribution is -0.137. The molecule has 110 valence electrons. The smallest absolute Gasteiger partial charge is 0.228 e. The van der Waals surface area contributed by atoms with Gasteiger partial charge in [-0.1, -0.05) is 18.2 Å². The second kappa shape index (κ2) is 6.46. The Bertz CT molecular complexity index is 468. The van der Waals surface area contributed by atoms with E-state index in [1.54, 1.807) is 0 Å². The minimum atomic E-state index is 0. The minimum absolute atomic E-state index is 0. The number of amides is 1. The lowest BCUT2D eigenvalue weighted by atomic mass is 10.0. The Kier molecular flexibility index (Phi) is 4.89. The van der Waals surface area contributed by atoms with Gasteiger partial charge in [0, 0.05) is 45.0 Å². The summed E-state index contributed by atoms with van der Waals surface area (Å²) in [5, 5.41) is 3.17. The molecule has 2 aliphatic rings. The monoisotopic (exact) mass is 295 g/mol. The van der Waals surface area contributed by atoms with Gasteiger partial charge in [0.1, 0.15) is 0 Å². The molecule has 5 heteroatoms. The molecule has 0 bridgehead atoms. The van der Waals surface area contributed by atoms with Gasteiger partial charge < -0.3 is 15.1 Å². The highest BCUT2D eigenvalue weighted by Crippen LogP contribution is 2.21. The van der Waals surface area contributed by atoms with E-state index in [0.29, 0.717) is 5.91 Å². The van der Waals surface area contributed by atoms with Gasteiger partial charge in [-0.2, -0.15) is 0 Å². The molecule has 0 atom stereocenters. The molecule has 2 saturated heterocycles. The standard InChI is InChI=1S/C15H21N3O.ClH/c1-12-4-2-3-5-14(12)17-6-8-18(9-7-17)15(19)13-10-16-11-13;/h2-5,13,16H,6-11H2,1H3;1H. The summed E-state index contributed by atoms with van der Waals surface area (Å²) in [6.45, 7) is 7.45. The van der Waals surface area contributed by atoms with Crippen LogP contribution in [-0.2, 0) is 4.79 Å². The van der Waals surface area contributed by atoms with Gasteiger partial charge in [-0.3, -0.25) is 4.79 Å². The molecule has 0 aromatic heterocycles. The number of hydrogen-bond donors (Lipinski definition) is 1. The maximum Gasteiger partial charge on any atom is 0.228 e. The third-order valence-corrected chi connectivity index (χ3v) is 4.18. The largest absolute Gasteiger partial charge is 0.368 e. The van der Waals surface area contributed by atoms with Crippen LogP contribution in [0.3, 0.4) is 0 Å². The number of para-hydroxylation sites is 1. The van der Waals surface area contributed by atoms with Crippen molar-refractivity contribution in [3.63, 3.8) is 0 Å². The first kappa shape index (κ1) is 15.1. The van der Waals surface area contributed by atoms with Crippen molar-refractivity contribution in [1.29, 1.82) is 0 Å². The first-order chi connectivity index (χ1) is 9.25. The zero-order valence-corrected chi connectivity index (χ0v) is 12.7. The maximum atomic E-state index is 12.2. The molecule has 4 nitrogen and oxygen atoms in total. The van der Waals surface area contributed by atoms with Crippen LogP contribution in [0.1, 0.15) is 5.56 Å². The van der Waals surface area contributed by atoms with Crippen molar-refractivity contribution < 1.29 is 4.79 Å². The maximum absolute atomic E-state index is 12.2. The number of hydrogen-bond acceptors (Lipinski definition) is 3. The van der Waals surface area contributed by atoms with Gasteiger partial charge >= 0.3 is 0 Å². The van der Waals surface area contributed by atoms with Crippen molar-refractivity contribution >= 4 is 24.0 Å². The second-order valence-electron chi connectivity index (χ2n) is 5.45. The van der Waals surface area contributed by atoms with E-state index in [1.165, 1.54) is 11.3 Å². The topological polar surface area (TPSA) is 35.6 Å². The number of piperazine rings is 1. The van der Waals surface area contributed by atoms with Crippen molar-refractivity contribution in [3.8, 4) is 0 Å². The van der Waals surface area contributed by atoms with E-state index < -0.39 is 0 Å². The van der Waals surface area contributed by atoms with Crippen LogP contribution >= 0.6 is 12.4 Å². The number of nitrogens with one attached hydrogen (secondary N) is 1. The number of anilines is 1. The van der Waals surface area contributed by atoms with Gasteiger partial charge in [0.15, 0.2) is 0 Å². The van der Waals surface area contributed by atoms with Gasteiger partial charge in [-0.05, 0) is 18.6 Å². The Morgan fingerprint density at radius 3 is 2.35 bits per heavy atom. The Morgan fingerprint density at radius 1 is 1.15 bits per heavy atom. The van der Waals surface area contributed by atoms with Crippen LogP contribution in [0.5, 0.6) is 0 Å². The lowest BCUT2D eigenvalue weighted by Crippen LogP contribution is -2.56. The molecule has 3 rings (SSSR count). The highest BCUT2D eigenvalue weighted by Gasteiger charge is 2.31. The highest BCUT2D eigenvalue weighted by atomic mass is 35.5. The summed E-state index contributed by atoms with van der Waals surface area (Å²) < 4.78 is 0. The predicted molar refractivity (Wildman–Crippen MR) is 83.6 cm³/mol. The molecule has 2 fully saturated rings. The summed E-state index contributed by atoms with van der Waals surface area (Å²) in [7, 11) is 0. The average molecular weight is 296 g/mol. The quantitative estimate of drug-likeness (QED) is 0.893. The Morgan fingerprint density at radius 2 is 1.80 bits per heavy atom. The molecular formula is C15H22ClN3O. The molecule has 20 heavy (non-hydrogen) atoms. The van der Waals surface area contributed by atoms with E-state index in [2.05, 4.69) is 41.4 Å². The van der Waals surface area contributed by atoms with Crippen molar-refractivity contribution in [2.45, 2.75) is 6.92 Å². The van der Waals surface area contributed by atoms with Crippen LogP contribution in [-0.4, -0.2) is 50.1 Å². The van der Waals surface area contributed by atoms with Crippen LogP contribution in [0.2, 0.25) is 0 Å². The van der Waals surface area contributed by atoms with Crippen LogP contribution in [0.4, 0.5) is 5.69 Å². The van der Waals surface area contributed by atoms with Crippen LogP contribution in [0.25, 0.3) is 0 Å². The molecule has 0 saturated carbocycles. The third-order valence-electron chi connectivity index (χ3n) is 4.18. The summed E-state index contributed by atoms with van der Waals surface area (Å²) in [5.41, 5.74) is 2.62. The average Bonchev–Trinajstić information content (AvgIpc) is 2.37. The van der Waals surface area contributed by atoms with E-state index in [-0.39, 0.29) is 18.3 Å². The fourth-order valence-corrected chi connectivity index (χ4v) is 2.81. The molecule has 0 unspecified atom stereocenters. The SMILES string of the molecule is Cc1ccccc1N1CCN(C(=O)C2CNC2)CC1.Cl. The number of carbonyl (C=O) groups excluding carboxylic acids is 1. The number of benzene rings is 1. The zero-order chi connectivity index (χ0) is 13.2. The predicted octanol–water partition coefficient (Wildman–Crippen LogP) is 1.28. The summed E-state index contributed by atoms with van der Waals surface area (Å²) in [4.78, 5) is 16.6. The van der Waals surface area contributed by atoms with Crippen molar-refractivity contribution in [3.05, 3.63) is 29.8 Å². The number of halogens is 1. The van der Waals surface area contributed by atoms with Crippen LogP contribution in [0.15, 0.2) is 24.3 Å². The zero-order valence-electron chi connectivity index (χ0n) is 11.8. The fraction of sp³-hybridized carbons (Fsp3) is 0.533. The number of nitrogens with zero attached hydrogens (tertiary/aromatic N) is 2. The first-order valence-electron chi connectivity index (χ1n) is 7.06. The van der Waals surface area contributed by atoms with Gasteiger partial charge in [-0.25, -0.2) is 0 Å². The van der Waals surface area contributed by atoms with Crippen molar-refractivity contribution in [1.82, 2.24) is 10.2 Å². The normalized spacial score (nSPS) is 19.2. The molecule has 1 N–H and O–H groups in total. The van der Waals surface area contributed by atoms with Crippen LogP contribution in [0, 0.1) is 12.8 Å². The third kappa shape index (κ3) is 2.91. The van der Waals surface area contributed by atoms with E-state index in [0.717, 1.165) is 39.3 Å². The highest BCUT2D eigenvalue weighted by molar-refractivity contribution is 5.85. The van der Waals surface area contributed by atoms with Gasteiger partial charge in [0.25, 0.3) is 0 Å². The summed E-state index contributed by atoms with van der Waals surface area (Å²) in [6, 6.07) is 8.47. The Balaban J connectivity index is 0.00000147. The second-order valence-corrected chi connectivity index (χ2v) is 5.45. The van der Waals surface area contributed by atoms with Gasteiger partial charge in [0.05, 0.1) is 5.92 Å². The van der Waals surface area contributed by atoms with Crippen molar-refractivity contribution in [2.24, 2.45) is 5.92 Å². The van der Waals surface area contributed by atoms with Crippen LogP contribution < -0.4 is 10.2 Å². The molecule has 1 aromatic carbocycles. The molecule has 0 radical (unpaired) electrons. The first-order valence-corrected chi connectivity index (χ1v) is 7.06. The Hall–Kier alpha value is -1.26. The van der Waals surface area contributed by atoms with E-state index in [9.17, 15) is 4.79 Å². The summed E-state index contributed by atoms with van der Waals surface area (Å²) in [5.74, 6) is 0.563. The van der Waals surface area contributed by atoms with Crippen molar-refractivity contribution in [2.75, 3.05) is 44.2 Å². The van der Waals surface area contributed by atoms with E-state index in [1.807, 2.05) is 4.90 Å². The molecule has 2 aliphatic heterocycles. The number of rotatable bonds is 2. The molecule has 0 spiro atoms. The van der Waals surface area contributed by atoms with Gasteiger partial charge in [-0.15, -0.1) is 12.4 Å². The van der Waals surface area contributed by atoms with E-state index >= 15 is 0 Å². The Labute approximate surface area is 126 Å². The summed E-state index contributed by atoms with van der Waals surface area (Å²) in [6.07, 6.45) is 0. The summed E-state index contributed by atoms with van der Waals surface area (Å²) >= 11 is 0. The molecular weight excluding hydrogens is 274 g/mol. The molecule has 0 aliphatic carbocycles.